The number of rotatable bonds is 11. The van der Waals surface area contributed by atoms with Crippen LogP contribution in [-0.2, 0) is 28.4 Å². The van der Waals surface area contributed by atoms with Crippen LogP contribution in [0.2, 0.25) is 10.0 Å². The number of halogens is 2. The number of imidazole rings is 1. The lowest BCUT2D eigenvalue weighted by Crippen LogP contribution is -2.47. The molecule has 5 rings (SSSR count). The van der Waals surface area contributed by atoms with Crippen LogP contribution in [0.1, 0.15) is 23.1 Å². The summed E-state index contributed by atoms with van der Waals surface area (Å²) < 4.78 is 20.9. The highest BCUT2D eigenvalue weighted by molar-refractivity contribution is 6.35. The highest BCUT2D eigenvalue weighted by atomic mass is 35.5. The maximum absolute atomic E-state index is 6.61. The molecule has 0 amide bonds. The van der Waals surface area contributed by atoms with E-state index in [1.807, 2.05) is 53.2 Å². The van der Waals surface area contributed by atoms with Gasteiger partial charge in [-0.15, -0.1) is 0 Å². The van der Waals surface area contributed by atoms with E-state index in [4.69, 9.17) is 37.4 Å². The Morgan fingerprint density at radius 1 is 1.15 bits per heavy atom. The van der Waals surface area contributed by atoms with Gasteiger partial charge in [0, 0.05) is 42.5 Å². The largest absolute Gasteiger partial charge is 0.491 e. The number of nitrogens with zero attached hydrogens (tertiary/aromatic N) is 3. The van der Waals surface area contributed by atoms with E-state index in [-0.39, 0.29) is 6.10 Å². The van der Waals surface area contributed by atoms with Gasteiger partial charge in [-0.05, 0) is 48.5 Å². The van der Waals surface area contributed by atoms with Crippen LogP contribution in [0.15, 0.2) is 91.5 Å². The summed E-state index contributed by atoms with van der Waals surface area (Å²) >= 11 is 12.8. The highest BCUT2D eigenvalue weighted by Crippen LogP contribution is 2.39. The second kappa shape index (κ2) is 13.5. The van der Waals surface area contributed by atoms with Crippen LogP contribution in [-0.4, -0.2) is 47.4 Å². The van der Waals surface area contributed by atoms with Crippen LogP contribution in [0.25, 0.3) is 6.08 Å². The maximum Gasteiger partial charge on any atom is 0.215 e. The number of aromatic nitrogens is 2. The first-order valence-electron chi connectivity index (χ1n) is 13.3. The summed E-state index contributed by atoms with van der Waals surface area (Å²) in [6.45, 7) is 2.99. The first kappa shape index (κ1) is 28.4. The van der Waals surface area contributed by atoms with Gasteiger partial charge in [-0.1, -0.05) is 77.8 Å². The Balaban J connectivity index is 1.18. The van der Waals surface area contributed by atoms with Crippen molar-refractivity contribution in [2.75, 3.05) is 26.8 Å². The molecule has 1 saturated heterocycles. The number of benzene rings is 3. The predicted molar refractivity (Wildman–Crippen MR) is 158 cm³/mol. The summed E-state index contributed by atoms with van der Waals surface area (Å²) in [6, 6.07) is 24.6. The third kappa shape index (κ3) is 7.53. The van der Waals surface area contributed by atoms with Crippen molar-refractivity contribution in [1.82, 2.24) is 14.5 Å². The number of hydrogen-bond donors (Lipinski definition) is 0. The number of ether oxygens (including phenoxy) is 3. The van der Waals surface area contributed by atoms with Gasteiger partial charge in [0.25, 0.3) is 0 Å². The lowest BCUT2D eigenvalue weighted by molar-refractivity contribution is -0.312. The zero-order valence-corrected chi connectivity index (χ0v) is 23.9. The van der Waals surface area contributed by atoms with E-state index < -0.39 is 5.79 Å². The molecule has 1 aromatic heterocycles. The lowest BCUT2D eigenvalue weighted by Gasteiger charge is -2.41. The Labute approximate surface area is 245 Å². The van der Waals surface area contributed by atoms with Gasteiger partial charge in [0.2, 0.25) is 5.79 Å². The van der Waals surface area contributed by atoms with Gasteiger partial charge in [0.15, 0.2) is 0 Å². The minimum absolute atomic E-state index is 0.191. The molecule has 40 heavy (non-hydrogen) atoms. The molecular formula is C32H32Cl2N3O3. The van der Waals surface area contributed by atoms with Gasteiger partial charge in [-0.2, -0.15) is 0 Å². The molecule has 0 saturated carbocycles. The Bertz CT molecular complexity index is 1380. The van der Waals surface area contributed by atoms with Gasteiger partial charge >= 0.3 is 0 Å². The van der Waals surface area contributed by atoms with E-state index in [0.717, 1.165) is 24.4 Å². The van der Waals surface area contributed by atoms with E-state index in [1.54, 1.807) is 24.7 Å². The highest BCUT2D eigenvalue weighted by Gasteiger charge is 2.42. The Hall–Kier alpha value is -3.13. The topological polar surface area (TPSA) is 48.8 Å². The van der Waals surface area contributed by atoms with Crippen LogP contribution < -0.4 is 4.74 Å². The summed E-state index contributed by atoms with van der Waals surface area (Å²) in [7, 11) is 2.11. The van der Waals surface area contributed by atoms with Crippen LogP contribution in [0.4, 0.5) is 0 Å². The number of likely N-dealkylation sites (N-methyl/N-ethyl adjacent to an activating group) is 1. The Morgan fingerprint density at radius 3 is 2.73 bits per heavy atom. The molecule has 3 aromatic carbocycles. The summed E-state index contributed by atoms with van der Waals surface area (Å²) in [5.74, 6) is -0.289. The molecule has 6 nitrogen and oxygen atoms in total. The molecular weight excluding hydrogens is 545 g/mol. The lowest BCUT2D eigenvalue weighted by atomic mass is 10.0. The fraction of sp³-hybridized carbons (Fsp3) is 0.281. The van der Waals surface area contributed by atoms with Crippen LogP contribution >= 0.6 is 23.2 Å². The van der Waals surface area contributed by atoms with E-state index in [2.05, 4.69) is 47.3 Å². The SMILES string of the molecule is CN(C/C=C\c1cc[c]cc1)Cc1ccc(OCC2CCOC(Cn3ccnc3)(c3ccc(Cl)cc3Cl)O2)cc1. The summed E-state index contributed by atoms with van der Waals surface area (Å²) in [5.41, 5.74) is 3.12. The average Bonchev–Trinajstić information content (AvgIpc) is 3.46. The Morgan fingerprint density at radius 2 is 1.98 bits per heavy atom. The van der Waals surface area contributed by atoms with Crippen molar-refractivity contribution < 1.29 is 14.2 Å². The molecule has 0 bridgehead atoms. The standard InChI is InChI=1S/C32H32Cl2N3O3/c1-36(17-5-8-25-6-3-2-4-7-25)21-26-9-12-28(13-10-26)38-22-29-15-19-39-32(40-29,23-37-18-16-35-24-37)30-14-11-27(33)20-31(30)34/h3-14,16,18,20,24,29H,15,17,19,21-23H2,1H3/b8-5-. The Kier molecular flexibility index (Phi) is 9.57. The van der Waals surface area contributed by atoms with Crippen molar-refractivity contribution in [1.29, 1.82) is 0 Å². The molecule has 1 radical (unpaired) electrons. The molecule has 2 unspecified atom stereocenters. The van der Waals surface area contributed by atoms with Crippen LogP contribution in [0, 0.1) is 6.07 Å². The number of hydrogen-bond acceptors (Lipinski definition) is 5. The van der Waals surface area contributed by atoms with E-state index in [1.165, 1.54) is 11.1 Å². The molecule has 2 atom stereocenters. The van der Waals surface area contributed by atoms with Crippen LogP contribution in [0.3, 0.4) is 0 Å². The van der Waals surface area contributed by atoms with Gasteiger partial charge in [0.05, 0.1) is 30.6 Å². The fourth-order valence-corrected chi connectivity index (χ4v) is 5.25. The average molecular weight is 578 g/mol. The second-order valence-electron chi connectivity index (χ2n) is 9.88. The van der Waals surface area contributed by atoms with Gasteiger partial charge in [-0.25, -0.2) is 4.98 Å². The van der Waals surface area contributed by atoms with Crippen LogP contribution in [0.5, 0.6) is 5.75 Å². The van der Waals surface area contributed by atoms with Gasteiger partial charge in [0.1, 0.15) is 12.4 Å². The zero-order chi connectivity index (χ0) is 27.8. The quantitative estimate of drug-likeness (QED) is 0.195. The van der Waals surface area contributed by atoms with Crippen molar-refractivity contribution >= 4 is 29.3 Å². The van der Waals surface area contributed by atoms with Crippen molar-refractivity contribution in [3.05, 3.63) is 124 Å². The zero-order valence-electron chi connectivity index (χ0n) is 22.4. The molecule has 0 aliphatic carbocycles. The predicted octanol–water partition coefficient (Wildman–Crippen LogP) is 6.87. The van der Waals surface area contributed by atoms with E-state index >= 15 is 0 Å². The fourth-order valence-electron chi connectivity index (χ4n) is 4.70. The molecule has 1 fully saturated rings. The minimum Gasteiger partial charge on any atom is -0.491 e. The molecule has 1 aliphatic rings. The summed E-state index contributed by atoms with van der Waals surface area (Å²) in [4.78, 5) is 6.42. The molecule has 4 aromatic rings. The normalized spacial score (nSPS) is 19.4. The van der Waals surface area contributed by atoms with E-state index in [9.17, 15) is 0 Å². The maximum atomic E-state index is 6.61. The molecule has 2 heterocycles. The smallest absolute Gasteiger partial charge is 0.215 e. The minimum atomic E-state index is -1.09. The molecule has 8 heteroatoms. The third-order valence-electron chi connectivity index (χ3n) is 6.71. The molecule has 0 spiro atoms. The first-order chi connectivity index (χ1) is 19.5. The van der Waals surface area contributed by atoms with Crippen molar-refractivity contribution in [2.24, 2.45) is 0 Å². The van der Waals surface area contributed by atoms with E-state index in [0.29, 0.717) is 36.2 Å². The van der Waals surface area contributed by atoms with Gasteiger partial charge in [-0.3, -0.25) is 4.90 Å². The van der Waals surface area contributed by atoms with Crippen molar-refractivity contribution in [2.45, 2.75) is 31.4 Å². The summed E-state index contributed by atoms with van der Waals surface area (Å²) in [5, 5.41) is 1.04. The second-order valence-corrected chi connectivity index (χ2v) is 10.7. The molecule has 0 N–H and O–H groups in total. The van der Waals surface area contributed by atoms with Crippen molar-refractivity contribution in [3.8, 4) is 5.75 Å². The van der Waals surface area contributed by atoms with Crippen molar-refractivity contribution in [3.63, 3.8) is 0 Å². The molecule has 1 aliphatic heterocycles. The monoisotopic (exact) mass is 576 g/mol. The van der Waals surface area contributed by atoms with Gasteiger partial charge < -0.3 is 18.8 Å². The summed E-state index contributed by atoms with van der Waals surface area (Å²) in [6.07, 6.45) is 10.1. The molecule has 207 valence electrons. The first-order valence-corrected chi connectivity index (χ1v) is 14.0. The third-order valence-corrected chi connectivity index (χ3v) is 7.25.